The number of pyridine rings is 1. The van der Waals surface area contributed by atoms with Crippen LogP contribution in [0.25, 0.3) is 0 Å². The van der Waals surface area contributed by atoms with Gasteiger partial charge in [-0.3, -0.25) is 14.7 Å². The molecule has 2 atom stereocenters. The predicted octanol–water partition coefficient (Wildman–Crippen LogP) is 2.42. The maximum Gasteiger partial charge on any atom is 0.254 e. The number of morpholine rings is 1. The van der Waals surface area contributed by atoms with Gasteiger partial charge in [-0.05, 0) is 43.7 Å². The van der Waals surface area contributed by atoms with Gasteiger partial charge in [0.05, 0.1) is 18.8 Å². The summed E-state index contributed by atoms with van der Waals surface area (Å²) in [4.78, 5) is 21.5. The summed E-state index contributed by atoms with van der Waals surface area (Å²) >= 11 is 0. The molecule has 4 rings (SSSR count). The summed E-state index contributed by atoms with van der Waals surface area (Å²) in [6.07, 6.45) is 3.76. The van der Waals surface area contributed by atoms with E-state index in [0.717, 1.165) is 42.9 Å². The molecule has 2 unspecified atom stereocenters. The molecule has 2 aromatic rings. The molecular formula is C21H25N3O2. The molecule has 5 heteroatoms. The van der Waals surface area contributed by atoms with Gasteiger partial charge in [-0.15, -0.1) is 0 Å². The molecule has 2 saturated heterocycles. The number of benzene rings is 1. The number of nitrogens with zero attached hydrogens (tertiary/aromatic N) is 3. The molecule has 1 amide bonds. The monoisotopic (exact) mass is 351 g/mol. The lowest BCUT2D eigenvalue weighted by Gasteiger charge is -2.36. The Labute approximate surface area is 154 Å². The van der Waals surface area contributed by atoms with Gasteiger partial charge in [-0.2, -0.15) is 0 Å². The molecular weight excluding hydrogens is 326 g/mol. The van der Waals surface area contributed by atoms with Crippen LogP contribution in [0.4, 0.5) is 0 Å². The van der Waals surface area contributed by atoms with Crippen LogP contribution in [0.3, 0.4) is 0 Å². The van der Waals surface area contributed by atoms with Gasteiger partial charge in [-0.1, -0.05) is 17.2 Å². The first-order valence-corrected chi connectivity index (χ1v) is 9.22. The third-order valence-electron chi connectivity index (χ3n) is 5.31. The first kappa shape index (κ1) is 17.2. The number of fused-ring (bicyclic) bond motifs is 1. The Morgan fingerprint density at radius 2 is 1.88 bits per heavy atom. The van der Waals surface area contributed by atoms with E-state index in [4.69, 9.17) is 4.74 Å². The number of carbonyl (C=O) groups excluding carboxylic acids is 1. The second-order valence-corrected chi connectivity index (χ2v) is 7.39. The van der Waals surface area contributed by atoms with E-state index in [9.17, 15) is 4.79 Å². The summed E-state index contributed by atoms with van der Waals surface area (Å²) in [5, 5.41) is 0. The first-order chi connectivity index (χ1) is 12.6. The zero-order chi connectivity index (χ0) is 18.1. The molecule has 1 aromatic carbocycles. The fourth-order valence-corrected chi connectivity index (χ4v) is 4.12. The highest BCUT2D eigenvalue weighted by Crippen LogP contribution is 2.26. The Balaban J connectivity index is 1.49. The summed E-state index contributed by atoms with van der Waals surface area (Å²) in [5.74, 6) is 0.110. The molecule has 0 radical (unpaired) electrons. The normalized spacial score (nSPS) is 23.1. The van der Waals surface area contributed by atoms with Crippen molar-refractivity contribution in [2.75, 3.05) is 26.2 Å². The molecule has 2 aliphatic rings. The second-order valence-electron chi connectivity index (χ2n) is 7.39. The van der Waals surface area contributed by atoms with E-state index in [2.05, 4.69) is 28.1 Å². The zero-order valence-electron chi connectivity index (χ0n) is 15.4. The molecule has 0 N–H and O–H groups in total. The highest BCUT2D eigenvalue weighted by molar-refractivity contribution is 5.95. The molecule has 2 aliphatic heterocycles. The minimum atomic E-state index is 0.0976. The number of aromatic nitrogens is 1. The smallest absolute Gasteiger partial charge is 0.254 e. The Morgan fingerprint density at radius 1 is 1.15 bits per heavy atom. The predicted molar refractivity (Wildman–Crippen MR) is 100.0 cm³/mol. The molecule has 3 heterocycles. The Kier molecular flexibility index (Phi) is 4.74. The van der Waals surface area contributed by atoms with Crippen molar-refractivity contribution in [3.63, 3.8) is 0 Å². The molecule has 136 valence electrons. The van der Waals surface area contributed by atoms with Gasteiger partial charge in [0.1, 0.15) is 0 Å². The lowest BCUT2D eigenvalue weighted by molar-refractivity contribution is -0.0503. The number of aryl methyl sites for hydroxylation is 2. The number of likely N-dealkylation sites (tertiary alicyclic amines) is 1. The standard InChI is InChI=1S/C21H25N3O2/c1-15-9-16(2)11-18(10-15)21(25)24-13-19-20(14-24)26-8-7-23(19)12-17-3-5-22-6-4-17/h3-6,9-11,19-20H,7-8,12-14H2,1-2H3. The van der Waals surface area contributed by atoms with Crippen molar-refractivity contribution in [1.82, 2.24) is 14.8 Å². The van der Waals surface area contributed by atoms with Crippen molar-refractivity contribution in [3.05, 3.63) is 65.0 Å². The van der Waals surface area contributed by atoms with Crippen LogP contribution < -0.4 is 0 Å². The van der Waals surface area contributed by atoms with Crippen LogP contribution in [-0.4, -0.2) is 59.1 Å². The largest absolute Gasteiger partial charge is 0.373 e. The maximum atomic E-state index is 13.0. The van der Waals surface area contributed by atoms with E-state index in [1.807, 2.05) is 43.3 Å². The van der Waals surface area contributed by atoms with Gasteiger partial charge in [0.2, 0.25) is 0 Å². The Morgan fingerprint density at radius 3 is 2.62 bits per heavy atom. The third kappa shape index (κ3) is 3.50. The van der Waals surface area contributed by atoms with Crippen molar-refractivity contribution in [3.8, 4) is 0 Å². The summed E-state index contributed by atoms with van der Waals surface area (Å²) in [6, 6.07) is 10.4. The molecule has 26 heavy (non-hydrogen) atoms. The zero-order valence-corrected chi connectivity index (χ0v) is 15.4. The maximum absolute atomic E-state index is 13.0. The van der Waals surface area contributed by atoms with Crippen LogP contribution >= 0.6 is 0 Å². The first-order valence-electron chi connectivity index (χ1n) is 9.22. The molecule has 0 spiro atoms. The van der Waals surface area contributed by atoms with Gasteiger partial charge in [0.15, 0.2) is 0 Å². The quantitative estimate of drug-likeness (QED) is 0.852. The summed E-state index contributed by atoms with van der Waals surface area (Å²) in [5.41, 5.74) is 4.28. The molecule has 2 fully saturated rings. The molecule has 0 aliphatic carbocycles. The van der Waals surface area contributed by atoms with Crippen LogP contribution in [-0.2, 0) is 11.3 Å². The van der Waals surface area contributed by atoms with Crippen molar-refractivity contribution in [1.29, 1.82) is 0 Å². The van der Waals surface area contributed by atoms with Crippen LogP contribution in [0.5, 0.6) is 0 Å². The van der Waals surface area contributed by atoms with Gasteiger partial charge >= 0.3 is 0 Å². The fraction of sp³-hybridized carbons (Fsp3) is 0.429. The van der Waals surface area contributed by atoms with Crippen molar-refractivity contribution in [2.24, 2.45) is 0 Å². The molecule has 0 saturated carbocycles. The Bertz CT molecular complexity index is 773. The van der Waals surface area contributed by atoms with Crippen molar-refractivity contribution < 1.29 is 9.53 Å². The van der Waals surface area contributed by atoms with Gasteiger partial charge in [-0.25, -0.2) is 0 Å². The number of hydrogen-bond acceptors (Lipinski definition) is 4. The van der Waals surface area contributed by atoms with E-state index in [1.54, 1.807) is 0 Å². The SMILES string of the molecule is Cc1cc(C)cc(C(=O)N2CC3OCCN(Cc4ccncc4)C3C2)c1. The van der Waals surface area contributed by atoms with Gasteiger partial charge in [0.25, 0.3) is 5.91 Å². The third-order valence-corrected chi connectivity index (χ3v) is 5.31. The summed E-state index contributed by atoms with van der Waals surface area (Å²) < 4.78 is 5.99. The number of ether oxygens (including phenoxy) is 1. The highest BCUT2D eigenvalue weighted by Gasteiger charge is 2.41. The Hall–Kier alpha value is -2.24. The van der Waals surface area contributed by atoms with Crippen LogP contribution in [0.2, 0.25) is 0 Å². The molecule has 5 nitrogen and oxygen atoms in total. The fourth-order valence-electron chi connectivity index (χ4n) is 4.12. The van der Waals surface area contributed by atoms with Crippen LogP contribution in [0, 0.1) is 13.8 Å². The summed E-state index contributed by atoms with van der Waals surface area (Å²) in [6.45, 7) is 7.96. The van der Waals surface area contributed by atoms with Crippen molar-refractivity contribution in [2.45, 2.75) is 32.5 Å². The lowest BCUT2D eigenvalue weighted by atomic mass is 10.1. The average molecular weight is 351 g/mol. The number of amides is 1. The molecule has 1 aromatic heterocycles. The average Bonchev–Trinajstić information content (AvgIpc) is 3.06. The van der Waals surface area contributed by atoms with Crippen molar-refractivity contribution >= 4 is 5.91 Å². The van der Waals surface area contributed by atoms with Crippen LogP contribution in [0.1, 0.15) is 27.0 Å². The number of hydrogen-bond donors (Lipinski definition) is 0. The topological polar surface area (TPSA) is 45.7 Å². The second kappa shape index (κ2) is 7.17. The highest BCUT2D eigenvalue weighted by atomic mass is 16.5. The minimum absolute atomic E-state index is 0.0976. The minimum Gasteiger partial charge on any atom is -0.373 e. The molecule has 0 bridgehead atoms. The number of carbonyl (C=O) groups is 1. The lowest BCUT2D eigenvalue weighted by Crippen LogP contribution is -2.50. The van der Waals surface area contributed by atoms with E-state index in [-0.39, 0.29) is 18.1 Å². The summed E-state index contributed by atoms with van der Waals surface area (Å²) in [7, 11) is 0. The number of rotatable bonds is 3. The van der Waals surface area contributed by atoms with E-state index in [0.29, 0.717) is 6.54 Å². The van der Waals surface area contributed by atoms with E-state index < -0.39 is 0 Å². The van der Waals surface area contributed by atoms with E-state index >= 15 is 0 Å². The van der Waals surface area contributed by atoms with E-state index in [1.165, 1.54) is 5.56 Å². The van der Waals surface area contributed by atoms with Gasteiger partial charge < -0.3 is 9.64 Å². The van der Waals surface area contributed by atoms with Gasteiger partial charge in [0, 0.05) is 44.1 Å². The van der Waals surface area contributed by atoms with Crippen LogP contribution in [0.15, 0.2) is 42.7 Å².